The lowest BCUT2D eigenvalue weighted by molar-refractivity contribution is -0.384. The summed E-state index contributed by atoms with van der Waals surface area (Å²) in [6.07, 6.45) is 0.663. The molecule has 0 unspecified atom stereocenters. The third-order valence-corrected chi connectivity index (χ3v) is 6.39. The van der Waals surface area contributed by atoms with Gasteiger partial charge in [0.05, 0.1) is 12.0 Å². The molecule has 6 nitrogen and oxygen atoms in total. The van der Waals surface area contributed by atoms with Gasteiger partial charge in [-0.25, -0.2) is 0 Å². The maximum atomic E-state index is 13.7. The van der Waals surface area contributed by atoms with Crippen molar-refractivity contribution in [1.29, 1.82) is 0 Å². The molecule has 0 N–H and O–H groups in total. The highest BCUT2D eigenvalue weighted by Gasteiger charge is 2.47. The van der Waals surface area contributed by atoms with Crippen LogP contribution in [0.2, 0.25) is 0 Å². The lowest BCUT2D eigenvalue weighted by Gasteiger charge is -2.51. The van der Waals surface area contributed by atoms with Crippen molar-refractivity contribution in [2.75, 3.05) is 12.0 Å². The van der Waals surface area contributed by atoms with Crippen molar-refractivity contribution in [3.8, 4) is 5.75 Å². The summed E-state index contributed by atoms with van der Waals surface area (Å²) in [5, 5.41) is 11.1. The minimum Gasteiger partial charge on any atom is -0.497 e. The standard InChI is InChI=1S/C26H26N2O4/c1-25(2)17-26(3,19-11-13-20(14-12-19)28(30)31)22-7-5-6-8-23(22)27(25)24(29)18-9-15-21(32-4)16-10-18/h5-16H,17H2,1-4H3/t26-/m1/s1. The Bertz CT molecular complexity index is 1170. The van der Waals surface area contributed by atoms with Gasteiger partial charge >= 0.3 is 0 Å². The fourth-order valence-electron chi connectivity index (χ4n) is 4.96. The Morgan fingerprint density at radius 3 is 2.19 bits per heavy atom. The second kappa shape index (κ2) is 7.79. The van der Waals surface area contributed by atoms with Gasteiger partial charge in [0.15, 0.2) is 0 Å². The number of carbonyl (C=O) groups excluding carboxylic acids is 1. The summed E-state index contributed by atoms with van der Waals surface area (Å²) in [6, 6.07) is 21.8. The number of rotatable bonds is 4. The zero-order chi connectivity index (χ0) is 23.1. The van der Waals surface area contributed by atoms with E-state index in [0.29, 0.717) is 17.7 Å². The summed E-state index contributed by atoms with van der Waals surface area (Å²) >= 11 is 0. The molecule has 32 heavy (non-hydrogen) atoms. The van der Waals surface area contributed by atoms with Gasteiger partial charge in [-0.3, -0.25) is 14.9 Å². The van der Waals surface area contributed by atoms with Crippen LogP contribution in [0.1, 0.15) is 48.7 Å². The number of nitro benzene ring substituents is 1. The number of ether oxygens (including phenoxy) is 1. The maximum Gasteiger partial charge on any atom is 0.269 e. The first-order valence-corrected chi connectivity index (χ1v) is 10.5. The van der Waals surface area contributed by atoms with Gasteiger partial charge in [-0.05, 0) is 61.7 Å². The van der Waals surface area contributed by atoms with Gasteiger partial charge in [0.1, 0.15) is 5.75 Å². The van der Waals surface area contributed by atoms with Crippen LogP contribution in [-0.4, -0.2) is 23.5 Å². The maximum absolute atomic E-state index is 13.7. The minimum atomic E-state index is -0.498. The van der Waals surface area contributed by atoms with Crippen molar-refractivity contribution in [3.05, 3.63) is 99.6 Å². The Balaban J connectivity index is 1.82. The first kappa shape index (κ1) is 21.6. The molecule has 1 amide bonds. The first-order valence-electron chi connectivity index (χ1n) is 10.5. The van der Waals surface area contributed by atoms with Crippen LogP contribution >= 0.6 is 0 Å². The highest BCUT2D eigenvalue weighted by molar-refractivity contribution is 6.08. The molecule has 0 saturated carbocycles. The summed E-state index contributed by atoms with van der Waals surface area (Å²) in [5.74, 6) is 0.626. The van der Waals surface area contributed by atoms with Crippen LogP contribution in [0.5, 0.6) is 5.75 Å². The number of nitro groups is 1. The molecule has 1 atom stereocenters. The Kier molecular flexibility index (Phi) is 5.25. The molecule has 0 saturated heterocycles. The smallest absolute Gasteiger partial charge is 0.269 e. The molecule has 0 spiro atoms. The summed E-state index contributed by atoms with van der Waals surface area (Å²) in [7, 11) is 1.60. The van der Waals surface area contributed by atoms with Crippen LogP contribution < -0.4 is 9.64 Å². The fourth-order valence-corrected chi connectivity index (χ4v) is 4.96. The number of amides is 1. The Hall–Kier alpha value is -3.67. The fraction of sp³-hybridized carbons (Fsp3) is 0.269. The molecule has 0 radical (unpaired) electrons. The Morgan fingerprint density at radius 1 is 0.969 bits per heavy atom. The number of anilines is 1. The zero-order valence-corrected chi connectivity index (χ0v) is 18.7. The van der Waals surface area contributed by atoms with E-state index in [1.807, 2.05) is 41.3 Å². The topological polar surface area (TPSA) is 72.7 Å². The van der Waals surface area contributed by atoms with Gasteiger partial charge < -0.3 is 9.64 Å². The number of hydrogen-bond acceptors (Lipinski definition) is 4. The molecule has 0 fully saturated rings. The van der Waals surface area contributed by atoms with Crippen molar-refractivity contribution in [3.63, 3.8) is 0 Å². The van der Waals surface area contributed by atoms with Gasteiger partial charge in [-0.1, -0.05) is 37.3 Å². The number of methoxy groups -OCH3 is 1. The molecule has 1 aliphatic rings. The third-order valence-electron chi connectivity index (χ3n) is 6.39. The van der Waals surface area contributed by atoms with Crippen LogP contribution in [0.3, 0.4) is 0 Å². The number of nitrogens with zero attached hydrogens (tertiary/aromatic N) is 2. The minimum absolute atomic E-state index is 0.0667. The van der Waals surface area contributed by atoms with Crippen LogP contribution in [0.25, 0.3) is 0 Å². The number of fused-ring (bicyclic) bond motifs is 1. The average molecular weight is 431 g/mol. The average Bonchev–Trinajstić information content (AvgIpc) is 2.78. The number of para-hydroxylation sites is 1. The molecular formula is C26H26N2O4. The lowest BCUT2D eigenvalue weighted by Crippen LogP contribution is -2.55. The van der Waals surface area contributed by atoms with E-state index in [2.05, 4.69) is 20.8 Å². The van der Waals surface area contributed by atoms with Gasteiger partial charge in [-0.15, -0.1) is 0 Å². The highest BCUT2D eigenvalue weighted by atomic mass is 16.6. The van der Waals surface area contributed by atoms with Crippen LogP contribution in [0, 0.1) is 10.1 Å². The van der Waals surface area contributed by atoms with Crippen molar-refractivity contribution in [2.24, 2.45) is 0 Å². The number of non-ortho nitro benzene ring substituents is 1. The van der Waals surface area contributed by atoms with Crippen molar-refractivity contribution in [2.45, 2.75) is 38.1 Å². The molecule has 0 bridgehead atoms. The van der Waals surface area contributed by atoms with Crippen molar-refractivity contribution >= 4 is 17.3 Å². The second-order valence-corrected chi connectivity index (χ2v) is 9.01. The Labute approximate surface area is 187 Å². The number of carbonyl (C=O) groups is 1. The van der Waals surface area contributed by atoms with E-state index >= 15 is 0 Å². The summed E-state index contributed by atoms with van der Waals surface area (Å²) in [4.78, 5) is 26.3. The predicted octanol–water partition coefficient (Wildman–Crippen LogP) is 5.74. The largest absolute Gasteiger partial charge is 0.497 e. The SMILES string of the molecule is COc1ccc(C(=O)N2c3ccccc3[C@@](C)(c3ccc([N+](=O)[O-])cc3)CC2(C)C)cc1. The molecule has 6 heteroatoms. The molecule has 1 heterocycles. The van der Waals surface area contributed by atoms with E-state index in [0.717, 1.165) is 16.8 Å². The van der Waals surface area contributed by atoms with E-state index in [9.17, 15) is 14.9 Å². The molecule has 1 aliphatic heterocycles. The molecular weight excluding hydrogens is 404 g/mol. The van der Waals surface area contributed by atoms with Crippen LogP contribution in [-0.2, 0) is 5.41 Å². The van der Waals surface area contributed by atoms with Crippen LogP contribution in [0.4, 0.5) is 11.4 Å². The zero-order valence-electron chi connectivity index (χ0n) is 18.7. The normalized spacial score (nSPS) is 19.2. The monoisotopic (exact) mass is 430 g/mol. The molecule has 164 valence electrons. The van der Waals surface area contributed by atoms with E-state index in [1.54, 1.807) is 43.5 Å². The van der Waals surface area contributed by atoms with E-state index in [4.69, 9.17) is 4.74 Å². The van der Waals surface area contributed by atoms with Gasteiger partial charge in [0.25, 0.3) is 11.6 Å². The van der Waals surface area contributed by atoms with Crippen molar-refractivity contribution in [1.82, 2.24) is 0 Å². The van der Waals surface area contributed by atoms with Gasteiger partial charge in [-0.2, -0.15) is 0 Å². The Morgan fingerprint density at radius 2 is 1.59 bits per heavy atom. The van der Waals surface area contributed by atoms with Crippen LogP contribution in [0.15, 0.2) is 72.8 Å². The third kappa shape index (κ3) is 3.51. The highest BCUT2D eigenvalue weighted by Crippen LogP contribution is 2.50. The molecule has 4 rings (SSSR count). The quantitative estimate of drug-likeness (QED) is 0.391. The van der Waals surface area contributed by atoms with E-state index in [-0.39, 0.29) is 16.5 Å². The van der Waals surface area contributed by atoms with E-state index in [1.165, 1.54) is 0 Å². The van der Waals surface area contributed by atoms with Gasteiger partial charge in [0.2, 0.25) is 0 Å². The molecule has 0 aliphatic carbocycles. The first-order chi connectivity index (χ1) is 15.2. The van der Waals surface area contributed by atoms with Gasteiger partial charge in [0, 0.05) is 34.3 Å². The predicted molar refractivity (Wildman–Crippen MR) is 124 cm³/mol. The summed E-state index contributed by atoms with van der Waals surface area (Å²) in [5.41, 5.74) is 2.61. The molecule has 3 aromatic carbocycles. The van der Waals surface area contributed by atoms with E-state index < -0.39 is 11.0 Å². The lowest BCUT2D eigenvalue weighted by atomic mass is 9.65. The molecule has 0 aromatic heterocycles. The molecule has 3 aromatic rings. The number of hydrogen-bond donors (Lipinski definition) is 0. The summed E-state index contributed by atoms with van der Waals surface area (Å²) < 4.78 is 5.22. The second-order valence-electron chi connectivity index (χ2n) is 9.01. The summed E-state index contributed by atoms with van der Waals surface area (Å²) in [6.45, 7) is 6.27. The van der Waals surface area contributed by atoms with Crippen molar-refractivity contribution < 1.29 is 14.5 Å². The number of benzene rings is 3.